The first-order valence-electron chi connectivity index (χ1n) is 6.49. The van der Waals surface area contributed by atoms with Gasteiger partial charge in [0.2, 0.25) is 0 Å². The van der Waals surface area contributed by atoms with E-state index in [1.54, 1.807) is 0 Å². The Morgan fingerprint density at radius 3 is 2.77 bits per heavy atom. The lowest BCUT2D eigenvalue weighted by atomic mass is 10.1. The highest BCUT2D eigenvalue weighted by atomic mass is 16.6. The van der Waals surface area contributed by atoms with Crippen molar-refractivity contribution in [1.29, 1.82) is 0 Å². The number of anilines is 1. The van der Waals surface area contributed by atoms with Gasteiger partial charge in [-0.25, -0.2) is 15.0 Å². The van der Waals surface area contributed by atoms with Crippen molar-refractivity contribution in [2.24, 2.45) is 0 Å². The van der Waals surface area contributed by atoms with Gasteiger partial charge in [-0.1, -0.05) is 0 Å². The molecule has 5 N–H and O–H groups in total. The average molecular weight is 311 g/mol. The molecule has 0 radical (unpaired) electrons. The van der Waals surface area contributed by atoms with Crippen molar-refractivity contribution in [3.8, 4) is 0 Å². The average Bonchev–Trinajstić information content (AvgIpc) is 2.88. The number of aromatic nitrogens is 4. The third-order valence-corrected chi connectivity index (χ3v) is 3.09. The second-order valence-electron chi connectivity index (χ2n) is 4.72. The number of nitrogens with zero attached hydrogens (tertiary/aromatic N) is 4. The van der Waals surface area contributed by atoms with Crippen LogP contribution in [0.1, 0.15) is 6.92 Å². The summed E-state index contributed by atoms with van der Waals surface area (Å²) in [5.74, 6) is -0.467. The molecule has 0 spiro atoms. The van der Waals surface area contributed by atoms with E-state index in [0.29, 0.717) is 11.2 Å². The van der Waals surface area contributed by atoms with Crippen molar-refractivity contribution >= 4 is 23.0 Å². The van der Waals surface area contributed by atoms with Crippen LogP contribution in [0.25, 0.3) is 11.2 Å². The number of fused-ring (bicyclic) bond motifs is 1. The summed E-state index contributed by atoms with van der Waals surface area (Å²) in [7, 11) is 0. The Morgan fingerprint density at radius 2 is 2.14 bits per heavy atom. The number of nitrogen functional groups attached to an aromatic ring is 1. The van der Waals surface area contributed by atoms with E-state index in [9.17, 15) is 15.0 Å². The second kappa shape index (κ2) is 6.64. The first kappa shape index (κ1) is 16.1. The SMILES string of the molecule is CC(=O)O[C@H](CO)C(O)C(O)Cn1cnc2c(N)ncnc21. The summed E-state index contributed by atoms with van der Waals surface area (Å²) in [6.45, 7) is 0.453. The van der Waals surface area contributed by atoms with Crippen LogP contribution in [0.2, 0.25) is 0 Å². The molecule has 0 aliphatic heterocycles. The van der Waals surface area contributed by atoms with Gasteiger partial charge < -0.3 is 30.4 Å². The molecular formula is C12H17N5O5. The van der Waals surface area contributed by atoms with Gasteiger partial charge in [-0.3, -0.25) is 4.79 Å². The van der Waals surface area contributed by atoms with Gasteiger partial charge in [0, 0.05) is 6.92 Å². The number of carbonyl (C=O) groups is 1. The van der Waals surface area contributed by atoms with Gasteiger partial charge in [0.15, 0.2) is 17.6 Å². The number of imidazole rings is 1. The minimum absolute atomic E-state index is 0.0775. The van der Waals surface area contributed by atoms with E-state index >= 15 is 0 Å². The summed E-state index contributed by atoms with van der Waals surface area (Å²) in [5, 5.41) is 29.2. The summed E-state index contributed by atoms with van der Waals surface area (Å²) in [6.07, 6.45) is -1.35. The predicted octanol–water partition coefficient (Wildman–Crippen LogP) is -1.95. The Hall–Kier alpha value is -2.30. The van der Waals surface area contributed by atoms with E-state index in [-0.39, 0.29) is 12.4 Å². The molecule has 0 amide bonds. The third kappa shape index (κ3) is 3.30. The van der Waals surface area contributed by atoms with Gasteiger partial charge >= 0.3 is 5.97 Å². The van der Waals surface area contributed by atoms with E-state index in [1.165, 1.54) is 17.2 Å². The van der Waals surface area contributed by atoms with Crippen LogP contribution in [-0.2, 0) is 16.1 Å². The highest BCUT2D eigenvalue weighted by Gasteiger charge is 2.29. The number of aliphatic hydroxyl groups excluding tert-OH is 3. The predicted molar refractivity (Wildman–Crippen MR) is 74.4 cm³/mol. The zero-order valence-electron chi connectivity index (χ0n) is 11.8. The molecule has 0 aliphatic rings. The zero-order chi connectivity index (χ0) is 16.3. The number of aliphatic hydroxyl groups is 3. The topological polar surface area (TPSA) is 157 Å². The monoisotopic (exact) mass is 311 g/mol. The minimum atomic E-state index is -1.47. The van der Waals surface area contributed by atoms with E-state index < -0.39 is 30.9 Å². The van der Waals surface area contributed by atoms with Gasteiger partial charge in [0.25, 0.3) is 0 Å². The van der Waals surface area contributed by atoms with E-state index in [0.717, 1.165) is 6.92 Å². The Balaban J connectivity index is 2.14. The normalized spacial score (nSPS) is 15.5. The van der Waals surface area contributed by atoms with Crippen molar-refractivity contribution in [2.75, 3.05) is 12.3 Å². The molecule has 3 atom stereocenters. The molecule has 2 heterocycles. The number of ether oxygens (including phenoxy) is 1. The maximum absolute atomic E-state index is 10.9. The molecule has 0 saturated carbocycles. The van der Waals surface area contributed by atoms with Crippen LogP contribution in [0.4, 0.5) is 5.82 Å². The first-order valence-corrected chi connectivity index (χ1v) is 6.49. The molecule has 10 heteroatoms. The van der Waals surface area contributed by atoms with Crippen LogP contribution in [0.5, 0.6) is 0 Å². The molecule has 0 fully saturated rings. The molecule has 22 heavy (non-hydrogen) atoms. The summed E-state index contributed by atoms with van der Waals surface area (Å²) < 4.78 is 6.21. The molecule has 2 aromatic rings. The molecule has 120 valence electrons. The smallest absolute Gasteiger partial charge is 0.303 e. The van der Waals surface area contributed by atoms with Gasteiger partial charge in [0.1, 0.15) is 24.1 Å². The molecule has 2 rings (SSSR count). The van der Waals surface area contributed by atoms with Gasteiger partial charge in [-0.15, -0.1) is 0 Å². The van der Waals surface area contributed by atoms with Crippen LogP contribution in [0, 0.1) is 0 Å². The number of hydrogen-bond donors (Lipinski definition) is 4. The van der Waals surface area contributed by atoms with E-state index in [4.69, 9.17) is 15.6 Å². The number of carbonyl (C=O) groups excluding carboxylic acids is 1. The summed E-state index contributed by atoms with van der Waals surface area (Å²) in [4.78, 5) is 22.7. The summed E-state index contributed by atoms with van der Waals surface area (Å²) in [6, 6.07) is 0. The highest BCUT2D eigenvalue weighted by molar-refractivity contribution is 5.81. The minimum Gasteiger partial charge on any atom is -0.457 e. The quantitative estimate of drug-likeness (QED) is 0.445. The number of hydrogen-bond acceptors (Lipinski definition) is 9. The van der Waals surface area contributed by atoms with Crippen LogP contribution < -0.4 is 5.73 Å². The molecule has 0 aromatic carbocycles. The maximum atomic E-state index is 10.9. The summed E-state index contributed by atoms with van der Waals surface area (Å²) >= 11 is 0. The Bertz CT molecular complexity index is 660. The van der Waals surface area contributed by atoms with E-state index in [2.05, 4.69) is 15.0 Å². The summed E-state index contributed by atoms with van der Waals surface area (Å²) in [5.41, 5.74) is 6.43. The standard InChI is InChI=1S/C12H17N5O5/c1-6(19)22-8(3-18)10(21)7(20)2-17-5-16-9-11(13)14-4-15-12(9)17/h4-5,7-8,10,18,20-21H,2-3H2,1H3,(H2,13,14,15)/t7?,8-,10?/m1/s1. The molecular weight excluding hydrogens is 294 g/mol. The lowest BCUT2D eigenvalue weighted by Gasteiger charge is -2.25. The lowest BCUT2D eigenvalue weighted by Crippen LogP contribution is -2.43. The van der Waals surface area contributed by atoms with Crippen molar-refractivity contribution in [1.82, 2.24) is 19.5 Å². The second-order valence-corrected chi connectivity index (χ2v) is 4.72. The van der Waals surface area contributed by atoms with Crippen LogP contribution >= 0.6 is 0 Å². The fourth-order valence-electron chi connectivity index (χ4n) is 2.02. The fraction of sp³-hybridized carbons (Fsp3) is 0.500. The van der Waals surface area contributed by atoms with Crippen LogP contribution in [-0.4, -0.2) is 65.7 Å². The number of rotatable bonds is 6. The Labute approximate surface area is 125 Å². The first-order chi connectivity index (χ1) is 10.4. The van der Waals surface area contributed by atoms with Crippen molar-refractivity contribution in [2.45, 2.75) is 31.8 Å². The number of nitrogens with two attached hydrogens (primary N) is 1. The van der Waals surface area contributed by atoms with Gasteiger partial charge in [0.05, 0.1) is 19.5 Å². The maximum Gasteiger partial charge on any atom is 0.303 e. The molecule has 2 aromatic heterocycles. The Kier molecular flexibility index (Phi) is 4.85. The lowest BCUT2D eigenvalue weighted by molar-refractivity contribution is -0.161. The van der Waals surface area contributed by atoms with E-state index in [1.807, 2.05) is 0 Å². The van der Waals surface area contributed by atoms with Crippen molar-refractivity contribution < 1.29 is 24.9 Å². The molecule has 2 unspecified atom stereocenters. The van der Waals surface area contributed by atoms with Crippen LogP contribution in [0.15, 0.2) is 12.7 Å². The van der Waals surface area contributed by atoms with Gasteiger partial charge in [-0.05, 0) is 0 Å². The fourth-order valence-corrected chi connectivity index (χ4v) is 2.02. The third-order valence-electron chi connectivity index (χ3n) is 3.09. The number of esters is 1. The zero-order valence-corrected chi connectivity index (χ0v) is 11.8. The van der Waals surface area contributed by atoms with Gasteiger partial charge in [-0.2, -0.15) is 0 Å². The largest absolute Gasteiger partial charge is 0.457 e. The molecule has 0 aliphatic carbocycles. The molecule has 0 bridgehead atoms. The highest BCUT2D eigenvalue weighted by Crippen LogP contribution is 2.16. The molecule has 10 nitrogen and oxygen atoms in total. The van der Waals surface area contributed by atoms with Crippen molar-refractivity contribution in [3.63, 3.8) is 0 Å². The molecule has 0 saturated heterocycles. The van der Waals surface area contributed by atoms with Crippen molar-refractivity contribution in [3.05, 3.63) is 12.7 Å². The van der Waals surface area contributed by atoms with Crippen LogP contribution in [0.3, 0.4) is 0 Å². The Morgan fingerprint density at radius 1 is 1.41 bits per heavy atom.